The lowest BCUT2D eigenvalue weighted by Gasteiger charge is -2.09. The summed E-state index contributed by atoms with van der Waals surface area (Å²) in [7, 11) is 0. The number of nitrogens with one attached hydrogen (secondary N) is 1. The van der Waals surface area contributed by atoms with Gasteiger partial charge < -0.3 is 16.2 Å². The summed E-state index contributed by atoms with van der Waals surface area (Å²) in [6.45, 7) is 0. The number of benzene rings is 2. The van der Waals surface area contributed by atoms with E-state index in [4.69, 9.17) is 22.4 Å². The molecular formula is C13H10ClFN2O2. The molecule has 0 bridgehead atoms. The highest BCUT2D eigenvalue weighted by Crippen LogP contribution is 2.25. The molecule has 2 aromatic carbocycles. The fourth-order valence-corrected chi connectivity index (χ4v) is 1.74. The molecule has 0 amide bonds. The first-order valence-electron chi connectivity index (χ1n) is 5.32. The molecule has 2 aromatic rings. The second-order valence-corrected chi connectivity index (χ2v) is 4.29. The fraction of sp³-hybridized carbons (Fsp3) is 0. The van der Waals surface area contributed by atoms with E-state index in [1.54, 1.807) is 6.07 Å². The molecule has 0 aliphatic rings. The molecule has 4 nitrogen and oxygen atoms in total. The lowest BCUT2D eigenvalue weighted by atomic mass is 10.1. The summed E-state index contributed by atoms with van der Waals surface area (Å²) in [5.41, 5.74) is 6.43. The van der Waals surface area contributed by atoms with Gasteiger partial charge in [-0.1, -0.05) is 11.6 Å². The molecule has 0 fully saturated rings. The van der Waals surface area contributed by atoms with Crippen LogP contribution >= 0.6 is 11.6 Å². The van der Waals surface area contributed by atoms with Crippen LogP contribution in [0.5, 0.6) is 0 Å². The molecule has 4 N–H and O–H groups in total. The Kier molecular flexibility index (Phi) is 3.57. The van der Waals surface area contributed by atoms with Crippen LogP contribution in [-0.2, 0) is 0 Å². The maximum atomic E-state index is 13.6. The number of nitrogen functional groups attached to an aromatic ring is 1. The van der Waals surface area contributed by atoms with E-state index in [0.717, 1.165) is 0 Å². The highest BCUT2D eigenvalue weighted by Gasteiger charge is 2.09. The van der Waals surface area contributed by atoms with Crippen molar-refractivity contribution in [3.05, 3.63) is 52.8 Å². The summed E-state index contributed by atoms with van der Waals surface area (Å²) in [6.07, 6.45) is 0. The zero-order chi connectivity index (χ0) is 14.0. The van der Waals surface area contributed by atoms with E-state index in [2.05, 4.69) is 5.32 Å². The second kappa shape index (κ2) is 5.16. The van der Waals surface area contributed by atoms with Crippen molar-refractivity contribution in [2.24, 2.45) is 0 Å². The van der Waals surface area contributed by atoms with Crippen LogP contribution < -0.4 is 11.1 Å². The number of carbonyl (C=O) groups is 1. The van der Waals surface area contributed by atoms with Crippen LogP contribution in [0.3, 0.4) is 0 Å². The second-order valence-electron chi connectivity index (χ2n) is 3.86. The van der Waals surface area contributed by atoms with Crippen LogP contribution in [0.4, 0.5) is 21.5 Å². The normalized spacial score (nSPS) is 10.2. The van der Waals surface area contributed by atoms with Crippen LogP contribution in [0.25, 0.3) is 0 Å². The van der Waals surface area contributed by atoms with Gasteiger partial charge in [0.15, 0.2) is 0 Å². The van der Waals surface area contributed by atoms with Gasteiger partial charge in [-0.3, -0.25) is 0 Å². The van der Waals surface area contributed by atoms with Crippen molar-refractivity contribution in [2.75, 3.05) is 11.1 Å². The van der Waals surface area contributed by atoms with Crippen molar-refractivity contribution in [3.63, 3.8) is 0 Å². The number of halogens is 2. The van der Waals surface area contributed by atoms with E-state index in [0.29, 0.717) is 10.7 Å². The number of carboxylic acids is 1. The number of anilines is 3. The first-order valence-corrected chi connectivity index (χ1v) is 5.70. The van der Waals surface area contributed by atoms with E-state index in [-0.39, 0.29) is 16.9 Å². The van der Waals surface area contributed by atoms with Gasteiger partial charge >= 0.3 is 5.97 Å². The zero-order valence-corrected chi connectivity index (χ0v) is 10.4. The lowest BCUT2D eigenvalue weighted by molar-refractivity contribution is 0.0698. The first-order chi connectivity index (χ1) is 8.97. The topological polar surface area (TPSA) is 75.3 Å². The van der Waals surface area contributed by atoms with Crippen molar-refractivity contribution in [1.82, 2.24) is 0 Å². The highest BCUT2D eigenvalue weighted by molar-refractivity contribution is 6.30. The lowest BCUT2D eigenvalue weighted by Crippen LogP contribution is -2.03. The van der Waals surface area contributed by atoms with E-state index in [9.17, 15) is 9.18 Å². The maximum absolute atomic E-state index is 13.6. The molecule has 0 aromatic heterocycles. The molecule has 0 saturated carbocycles. The predicted octanol–water partition coefficient (Wildman–Crippen LogP) is 3.50. The molecule has 19 heavy (non-hydrogen) atoms. The Bertz CT molecular complexity index is 647. The fourth-order valence-electron chi connectivity index (χ4n) is 1.58. The van der Waals surface area contributed by atoms with E-state index >= 15 is 0 Å². The van der Waals surface area contributed by atoms with Crippen LogP contribution in [0.15, 0.2) is 36.4 Å². The molecule has 0 saturated heterocycles. The Balaban J connectivity index is 2.29. The number of aromatic carboxylic acids is 1. The summed E-state index contributed by atoms with van der Waals surface area (Å²) in [4.78, 5) is 10.8. The minimum atomic E-state index is -1.11. The third-order valence-electron chi connectivity index (χ3n) is 2.49. The van der Waals surface area contributed by atoms with Crippen molar-refractivity contribution < 1.29 is 14.3 Å². The van der Waals surface area contributed by atoms with Crippen LogP contribution in [0, 0.1) is 5.82 Å². The molecular weight excluding hydrogens is 271 g/mol. The van der Waals surface area contributed by atoms with Crippen molar-refractivity contribution in [1.29, 1.82) is 0 Å². The van der Waals surface area contributed by atoms with Gasteiger partial charge in [-0.2, -0.15) is 0 Å². The van der Waals surface area contributed by atoms with Crippen LogP contribution in [-0.4, -0.2) is 11.1 Å². The summed E-state index contributed by atoms with van der Waals surface area (Å²) < 4.78 is 13.6. The number of hydrogen-bond donors (Lipinski definition) is 3. The predicted molar refractivity (Wildman–Crippen MR) is 72.5 cm³/mol. The highest BCUT2D eigenvalue weighted by atomic mass is 35.5. The van der Waals surface area contributed by atoms with Gasteiger partial charge in [0.25, 0.3) is 0 Å². The SMILES string of the molecule is Nc1cc(Nc2ccc(Cl)cc2F)ccc1C(=O)O. The van der Waals surface area contributed by atoms with Crippen molar-refractivity contribution in [2.45, 2.75) is 0 Å². The molecule has 0 radical (unpaired) electrons. The van der Waals surface area contributed by atoms with Crippen LogP contribution in [0.1, 0.15) is 10.4 Å². The molecule has 2 rings (SSSR count). The third kappa shape index (κ3) is 2.95. The Morgan fingerprint density at radius 1 is 1.26 bits per heavy atom. The number of nitrogens with two attached hydrogens (primary N) is 1. The van der Waals surface area contributed by atoms with E-state index < -0.39 is 11.8 Å². The monoisotopic (exact) mass is 280 g/mol. The van der Waals surface area contributed by atoms with Crippen molar-refractivity contribution in [3.8, 4) is 0 Å². The molecule has 0 heterocycles. The molecule has 0 atom stereocenters. The Morgan fingerprint density at radius 3 is 2.58 bits per heavy atom. The van der Waals surface area contributed by atoms with Gasteiger partial charge in [-0.05, 0) is 36.4 Å². The standard InChI is InChI=1S/C13H10ClFN2O2/c14-7-1-4-12(10(15)5-7)17-8-2-3-9(13(18)19)11(16)6-8/h1-6,17H,16H2,(H,18,19). The number of rotatable bonds is 3. The summed E-state index contributed by atoms with van der Waals surface area (Å²) in [5.74, 6) is -1.62. The number of carboxylic acid groups (broad SMARTS) is 1. The Labute approximate surface area is 113 Å². The summed E-state index contributed by atoms with van der Waals surface area (Å²) >= 11 is 5.65. The van der Waals surface area contributed by atoms with Gasteiger partial charge in [0.1, 0.15) is 5.82 Å². The first kappa shape index (κ1) is 13.2. The zero-order valence-electron chi connectivity index (χ0n) is 9.65. The molecule has 0 aliphatic heterocycles. The largest absolute Gasteiger partial charge is 0.478 e. The third-order valence-corrected chi connectivity index (χ3v) is 2.73. The number of hydrogen-bond acceptors (Lipinski definition) is 3. The summed E-state index contributed by atoms with van der Waals surface area (Å²) in [6, 6.07) is 8.50. The minimum absolute atomic E-state index is 0.00197. The molecule has 0 aliphatic carbocycles. The molecule has 98 valence electrons. The Morgan fingerprint density at radius 2 is 2.00 bits per heavy atom. The van der Waals surface area contributed by atoms with Gasteiger partial charge in [-0.15, -0.1) is 0 Å². The molecule has 0 unspecified atom stereocenters. The van der Waals surface area contributed by atoms with Gasteiger partial charge in [0.05, 0.1) is 11.3 Å². The van der Waals surface area contributed by atoms with E-state index in [1.165, 1.54) is 30.3 Å². The quantitative estimate of drug-likeness (QED) is 0.752. The smallest absolute Gasteiger partial charge is 0.337 e. The Hall–Kier alpha value is -2.27. The van der Waals surface area contributed by atoms with E-state index in [1.807, 2.05) is 0 Å². The molecule has 0 spiro atoms. The average molecular weight is 281 g/mol. The average Bonchev–Trinajstić information content (AvgIpc) is 2.32. The van der Waals surface area contributed by atoms with Gasteiger partial charge in [0, 0.05) is 16.4 Å². The van der Waals surface area contributed by atoms with Crippen molar-refractivity contribution >= 4 is 34.6 Å². The maximum Gasteiger partial charge on any atom is 0.337 e. The minimum Gasteiger partial charge on any atom is -0.478 e. The molecule has 6 heteroatoms. The van der Waals surface area contributed by atoms with Crippen LogP contribution in [0.2, 0.25) is 5.02 Å². The van der Waals surface area contributed by atoms with Gasteiger partial charge in [-0.25, -0.2) is 9.18 Å². The summed E-state index contributed by atoms with van der Waals surface area (Å²) in [5, 5.41) is 11.9. The van der Waals surface area contributed by atoms with Gasteiger partial charge in [0.2, 0.25) is 0 Å².